The number of para-hydroxylation sites is 1. The number of sulfonamides is 1. The van der Waals surface area contributed by atoms with Gasteiger partial charge in [0.2, 0.25) is 10.0 Å². The summed E-state index contributed by atoms with van der Waals surface area (Å²) >= 11 is 1.24. The van der Waals surface area contributed by atoms with Gasteiger partial charge in [-0.05, 0) is 56.1 Å². The van der Waals surface area contributed by atoms with Crippen LogP contribution in [0.1, 0.15) is 22.8 Å². The molecule has 0 bridgehead atoms. The van der Waals surface area contributed by atoms with E-state index < -0.39 is 15.8 Å². The van der Waals surface area contributed by atoms with Crippen LogP contribution in [0.3, 0.4) is 0 Å². The minimum absolute atomic E-state index is 0.115. The van der Waals surface area contributed by atoms with Gasteiger partial charge in [-0.1, -0.05) is 54.7 Å². The molecule has 10 heteroatoms. The zero-order valence-corrected chi connectivity index (χ0v) is 22.6. The van der Waals surface area contributed by atoms with Crippen LogP contribution in [0.4, 0.5) is 9.52 Å². The summed E-state index contributed by atoms with van der Waals surface area (Å²) in [5, 5.41) is 0.392. The Morgan fingerprint density at radius 3 is 2.27 bits per heavy atom. The molecular formula is C27H29FN4O3S2. The van der Waals surface area contributed by atoms with E-state index in [0.29, 0.717) is 35.0 Å². The Hall–Kier alpha value is -3.18. The lowest BCUT2D eigenvalue weighted by Crippen LogP contribution is -2.36. The van der Waals surface area contributed by atoms with Crippen molar-refractivity contribution in [1.82, 2.24) is 14.2 Å². The number of aromatic nitrogens is 1. The Labute approximate surface area is 220 Å². The van der Waals surface area contributed by atoms with Gasteiger partial charge in [-0.3, -0.25) is 9.69 Å². The molecule has 0 atom stereocenters. The third-order valence-corrected chi connectivity index (χ3v) is 8.88. The van der Waals surface area contributed by atoms with Crippen LogP contribution >= 0.6 is 11.3 Å². The predicted molar refractivity (Wildman–Crippen MR) is 146 cm³/mol. The van der Waals surface area contributed by atoms with E-state index in [-0.39, 0.29) is 22.9 Å². The number of hydrogen-bond acceptors (Lipinski definition) is 6. The first kappa shape index (κ1) is 26.9. The second-order valence-corrected chi connectivity index (χ2v) is 11.7. The first-order valence-electron chi connectivity index (χ1n) is 11.9. The Morgan fingerprint density at radius 2 is 1.65 bits per heavy atom. The summed E-state index contributed by atoms with van der Waals surface area (Å²) in [4.78, 5) is 21.5. The summed E-state index contributed by atoms with van der Waals surface area (Å²) in [7, 11) is 0.0382. The summed E-state index contributed by atoms with van der Waals surface area (Å²) in [6.45, 7) is 3.27. The summed E-state index contributed by atoms with van der Waals surface area (Å²) in [6, 6.07) is 20.1. The van der Waals surface area contributed by atoms with Gasteiger partial charge in [0, 0.05) is 31.7 Å². The molecular weight excluding hydrogens is 511 g/mol. The van der Waals surface area contributed by atoms with E-state index in [2.05, 4.69) is 4.98 Å². The largest absolute Gasteiger partial charge is 0.308 e. The van der Waals surface area contributed by atoms with Crippen molar-refractivity contribution in [3.05, 3.63) is 89.7 Å². The van der Waals surface area contributed by atoms with Crippen LogP contribution in [0.2, 0.25) is 0 Å². The maximum absolute atomic E-state index is 14.3. The van der Waals surface area contributed by atoms with E-state index in [1.165, 1.54) is 50.9 Å². The maximum Gasteiger partial charge on any atom is 0.260 e. The van der Waals surface area contributed by atoms with E-state index in [1.54, 1.807) is 19.1 Å². The number of carbonyl (C=O) groups excluding carboxylic acids is 1. The highest BCUT2D eigenvalue weighted by molar-refractivity contribution is 7.89. The molecule has 3 aromatic carbocycles. The quantitative estimate of drug-likeness (QED) is 0.287. The zero-order valence-electron chi connectivity index (χ0n) is 21.0. The highest BCUT2D eigenvalue weighted by Crippen LogP contribution is 2.31. The molecule has 194 valence electrons. The number of hydrogen-bond donors (Lipinski definition) is 0. The van der Waals surface area contributed by atoms with Crippen LogP contribution in [-0.2, 0) is 16.6 Å². The van der Waals surface area contributed by atoms with E-state index in [1.807, 2.05) is 49.3 Å². The van der Waals surface area contributed by atoms with Crippen molar-refractivity contribution < 1.29 is 17.6 Å². The average Bonchev–Trinajstić information content (AvgIpc) is 3.33. The van der Waals surface area contributed by atoms with E-state index in [0.717, 1.165) is 5.56 Å². The average molecular weight is 541 g/mol. The fraction of sp³-hybridized carbons (Fsp3) is 0.259. The SMILES string of the molecule is CCN(Cc1ccccc1)S(=O)(=O)c1ccc(C(=O)N(CCN(C)C)c2nc3c(F)cccc3s2)cc1. The second kappa shape index (κ2) is 11.5. The standard InChI is InChI=1S/C27H29FN4O3S2/c1-4-31(19-20-9-6-5-7-10-20)37(34,35)22-15-13-21(14-16-22)26(33)32(18-17-30(2)3)27-29-25-23(28)11-8-12-24(25)36-27/h5-16H,4,17-19H2,1-3H3. The molecule has 0 saturated carbocycles. The van der Waals surface area contributed by atoms with E-state index >= 15 is 0 Å². The monoisotopic (exact) mass is 540 g/mol. The van der Waals surface area contributed by atoms with Crippen LogP contribution in [0.15, 0.2) is 77.7 Å². The summed E-state index contributed by atoms with van der Waals surface area (Å²) < 4.78 is 42.9. The molecule has 0 aliphatic heterocycles. The van der Waals surface area contributed by atoms with Gasteiger partial charge in [0.05, 0.1) is 9.60 Å². The number of halogens is 1. The van der Waals surface area contributed by atoms with Gasteiger partial charge >= 0.3 is 0 Å². The molecule has 4 aromatic rings. The van der Waals surface area contributed by atoms with Crippen LogP contribution in [0.5, 0.6) is 0 Å². The molecule has 0 fully saturated rings. The lowest BCUT2D eigenvalue weighted by molar-refractivity contribution is 0.0985. The normalized spacial score (nSPS) is 11.9. The highest BCUT2D eigenvalue weighted by atomic mass is 32.2. The van der Waals surface area contributed by atoms with Crippen molar-refractivity contribution in [2.24, 2.45) is 0 Å². The Balaban J connectivity index is 1.60. The van der Waals surface area contributed by atoms with E-state index in [9.17, 15) is 17.6 Å². The number of nitrogens with zero attached hydrogens (tertiary/aromatic N) is 4. The molecule has 0 unspecified atom stereocenters. The van der Waals surface area contributed by atoms with Gasteiger partial charge in [0.25, 0.3) is 5.91 Å². The molecule has 0 spiro atoms. The zero-order chi connectivity index (χ0) is 26.6. The number of rotatable bonds is 10. The lowest BCUT2D eigenvalue weighted by atomic mass is 10.2. The second-order valence-electron chi connectivity index (χ2n) is 8.78. The van der Waals surface area contributed by atoms with Gasteiger partial charge < -0.3 is 4.90 Å². The van der Waals surface area contributed by atoms with Crippen molar-refractivity contribution >= 4 is 42.6 Å². The number of fused-ring (bicyclic) bond motifs is 1. The number of thiazole rings is 1. The van der Waals surface area contributed by atoms with E-state index in [4.69, 9.17) is 0 Å². The molecule has 0 radical (unpaired) electrons. The molecule has 0 saturated heterocycles. The molecule has 0 aliphatic rings. The Bertz CT molecular complexity index is 1470. The van der Waals surface area contributed by atoms with Crippen LogP contribution in [-0.4, -0.2) is 62.2 Å². The summed E-state index contributed by atoms with van der Waals surface area (Å²) in [5.74, 6) is -0.771. The van der Waals surface area contributed by atoms with Crippen molar-refractivity contribution in [2.45, 2.75) is 18.4 Å². The van der Waals surface area contributed by atoms with Crippen LogP contribution in [0, 0.1) is 5.82 Å². The van der Waals surface area contributed by atoms with Crippen molar-refractivity contribution in [2.75, 3.05) is 38.6 Å². The fourth-order valence-corrected chi connectivity index (χ4v) is 6.27. The molecule has 37 heavy (non-hydrogen) atoms. The Kier molecular flexibility index (Phi) is 8.33. The molecule has 0 aliphatic carbocycles. The van der Waals surface area contributed by atoms with Crippen LogP contribution in [0.25, 0.3) is 10.2 Å². The summed E-state index contributed by atoms with van der Waals surface area (Å²) in [6.07, 6.45) is 0. The van der Waals surface area contributed by atoms with Gasteiger partial charge in [-0.25, -0.2) is 17.8 Å². The highest BCUT2D eigenvalue weighted by Gasteiger charge is 2.26. The number of carbonyl (C=O) groups is 1. The third-order valence-electron chi connectivity index (χ3n) is 5.90. The Morgan fingerprint density at radius 1 is 0.946 bits per heavy atom. The molecule has 1 aromatic heterocycles. The van der Waals surface area contributed by atoms with Crippen molar-refractivity contribution in [3.63, 3.8) is 0 Å². The smallest absolute Gasteiger partial charge is 0.260 e. The maximum atomic E-state index is 14.3. The number of amides is 1. The predicted octanol–water partition coefficient (Wildman–Crippen LogP) is 4.85. The van der Waals surface area contributed by atoms with Gasteiger partial charge in [-0.15, -0.1) is 0 Å². The molecule has 1 amide bonds. The minimum Gasteiger partial charge on any atom is -0.308 e. The van der Waals surface area contributed by atoms with Crippen molar-refractivity contribution in [3.8, 4) is 0 Å². The molecule has 7 nitrogen and oxygen atoms in total. The van der Waals surface area contributed by atoms with Crippen LogP contribution < -0.4 is 4.90 Å². The van der Waals surface area contributed by atoms with Gasteiger partial charge in [0.15, 0.2) is 5.13 Å². The van der Waals surface area contributed by atoms with Gasteiger partial charge in [0.1, 0.15) is 11.3 Å². The number of likely N-dealkylation sites (N-methyl/N-ethyl adjacent to an activating group) is 1. The summed E-state index contributed by atoms with van der Waals surface area (Å²) in [5.41, 5.74) is 1.44. The lowest BCUT2D eigenvalue weighted by Gasteiger charge is -2.23. The first-order valence-corrected chi connectivity index (χ1v) is 14.1. The third kappa shape index (κ3) is 6.04. The number of benzene rings is 3. The van der Waals surface area contributed by atoms with Gasteiger partial charge in [-0.2, -0.15) is 4.31 Å². The minimum atomic E-state index is -3.76. The molecule has 0 N–H and O–H groups in total. The molecule has 4 rings (SSSR count). The topological polar surface area (TPSA) is 73.8 Å². The molecule has 1 heterocycles. The first-order chi connectivity index (χ1) is 17.7. The fourth-order valence-electron chi connectivity index (χ4n) is 3.83. The number of anilines is 1. The van der Waals surface area contributed by atoms with Crippen molar-refractivity contribution in [1.29, 1.82) is 0 Å².